The largest absolute Gasteiger partial charge is 0.460 e. The molecule has 1 aliphatic heterocycles. The molecule has 0 saturated carbocycles. The maximum absolute atomic E-state index is 11.4. The summed E-state index contributed by atoms with van der Waals surface area (Å²) in [4.78, 5) is 11.4. The number of rotatable bonds is 18. The van der Waals surface area contributed by atoms with Crippen molar-refractivity contribution in [3.63, 3.8) is 0 Å². The predicted octanol–water partition coefficient (Wildman–Crippen LogP) is 6.18. The van der Waals surface area contributed by atoms with Gasteiger partial charge in [-0.05, 0) is 26.7 Å². The van der Waals surface area contributed by atoms with E-state index in [0.29, 0.717) is 19.8 Å². The Bertz CT molecular complexity index is 410. The minimum atomic E-state index is -0.529. The van der Waals surface area contributed by atoms with Crippen molar-refractivity contribution < 1.29 is 23.7 Å². The van der Waals surface area contributed by atoms with Crippen molar-refractivity contribution in [1.82, 2.24) is 0 Å². The minimum absolute atomic E-state index is 0.0466. The van der Waals surface area contributed by atoms with Crippen LogP contribution in [0.2, 0.25) is 0 Å². The summed E-state index contributed by atoms with van der Waals surface area (Å²) in [6.45, 7) is 8.99. The topological polar surface area (TPSA) is 54.0 Å². The van der Waals surface area contributed by atoms with Crippen molar-refractivity contribution in [2.45, 2.75) is 129 Å². The lowest BCUT2D eigenvalue weighted by Crippen LogP contribution is -2.27. The van der Waals surface area contributed by atoms with Crippen LogP contribution in [0.5, 0.6) is 0 Å². The molecule has 1 aliphatic rings. The zero-order valence-corrected chi connectivity index (χ0v) is 19.5. The number of unbranched alkanes of at least 4 members (excludes halogenated alkanes) is 11. The van der Waals surface area contributed by atoms with E-state index >= 15 is 0 Å². The van der Waals surface area contributed by atoms with E-state index in [9.17, 15) is 4.79 Å². The minimum Gasteiger partial charge on any atom is -0.460 e. The van der Waals surface area contributed by atoms with E-state index in [-0.39, 0.29) is 18.2 Å². The number of carbonyl (C=O) groups is 1. The van der Waals surface area contributed by atoms with Gasteiger partial charge in [-0.2, -0.15) is 0 Å². The second kappa shape index (κ2) is 16.1. The van der Waals surface area contributed by atoms with E-state index in [2.05, 4.69) is 6.92 Å². The van der Waals surface area contributed by atoms with Gasteiger partial charge in [-0.1, -0.05) is 77.6 Å². The van der Waals surface area contributed by atoms with Crippen LogP contribution in [-0.4, -0.2) is 43.8 Å². The van der Waals surface area contributed by atoms with Gasteiger partial charge in [0.2, 0.25) is 0 Å². The molecule has 29 heavy (non-hydrogen) atoms. The van der Waals surface area contributed by atoms with Crippen LogP contribution < -0.4 is 0 Å². The summed E-state index contributed by atoms with van der Waals surface area (Å²) in [7, 11) is 0. The molecule has 5 nitrogen and oxygen atoms in total. The van der Waals surface area contributed by atoms with E-state index in [1.54, 1.807) is 0 Å². The van der Waals surface area contributed by atoms with Gasteiger partial charge in [0.05, 0.1) is 19.8 Å². The van der Waals surface area contributed by atoms with Gasteiger partial charge >= 0.3 is 5.97 Å². The van der Waals surface area contributed by atoms with Gasteiger partial charge in [0, 0.05) is 6.92 Å². The maximum Gasteiger partial charge on any atom is 0.302 e. The van der Waals surface area contributed by atoms with Gasteiger partial charge < -0.3 is 18.9 Å². The smallest absolute Gasteiger partial charge is 0.302 e. The van der Waals surface area contributed by atoms with Crippen LogP contribution in [-0.2, 0) is 23.7 Å². The second-order valence-electron chi connectivity index (χ2n) is 8.90. The molecule has 172 valence electrons. The third-order valence-electron chi connectivity index (χ3n) is 5.39. The van der Waals surface area contributed by atoms with Crippen LogP contribution in [0.3, 0.4) is 0 Å². The number of carbonyl (C=O) groups excluding carboxylic acids is 1. The predicted molar refractivity (Wildman–Crippen MR) is 117 cm³/mol. The number of ether oxygens (including phenoxy) is 4. The highest BCUT2D eigenvalue weighted by Gasteiger charge is 2.32. The van der Waals surface area contributed by atoms with Crippen molar-refractivity contribution in [3.8, 4) is 0 Å². The van der Waals surface area contributed by atoms with Crippen LogP contribution in [0.15, 0.2) is 0 Å². The Labute approximate surface area is 179 Å². The van der Waals surface area contributed by atoms with Crippen LogP contribution in [0, 0.1) is 0 Å². The van der Waals surface area contributed by atoms with Crippen molar-refractivity contribution >= 4 is 5.97 Å². The van der Waals surface area contributed by atoms with Crippen molar-refractivity contribution in [2.75, 3.05) is 19.8 Å². The van der Waals surface area contributed by atoms with E-state index in [0.717, 1.165) is 12.8 Å². The quantitative estimate of drug-likeness (QED) is 0.198. The molecule has 1 fully saturated rings. The summed E-state index contributed by atoms with van der Waals surface area (Å²) in [5.41, 5.74) is 0. The molecule has 0 N–H and O–H groups in total. The fourth-order valence-electron chi connectivity index (χ4n) is 3.80. The summed E-state index contributed by atoms with van der Waals surface area (Å²) in [6.07, 6.45) is 16.6. The SMILES string of the molecule is CCCCCCCCCCCCCCC(COCC1COC(C)(C)O1)OC(C)=O. The first kappa shape index (κ1) is 26.4. The van der Waals surface area contributed by atoms with Gasteiger partial charge in [-0.15, -0.1) is 0 Å². The van der Waals surface area contributed by atoms with E-state index < -0.39 is 5.79 Å². The molecule has 2 atom stereocenters. The monoisotopic (exact) mass is 414 g/mol. The van der Waals surface area contributed by atoms with Crippen LogP contribution in [0.1, 0.15) is 111 Å². The zero-order chi connectivity index (χ0) is 21.4. The molecular weight excluding hydrogens is 368 g/mol. The fourth-order valence-corrected chi connectivity index (χ4v) is 3.80. The highest BCUT2D eigenvalue weighted by atomic mass is 16.7. The van der Waals surface area contributed by atoms with Crippen molar-refractivity contribution in [3.05, 3.63) is 0 Å². The molecule has 0 aromatic rings. The molecular formula is C24H46O5. The highest BCUT2D eigenvalue weighted by molar-refractivity contribution is 5.66. The third-order valence-corrected chi connectivity index (χ3v) is 5.39. The van der Waals surface area contributed by atoms with Gasteiger partial charge in [-0.25, -0.2) is 0 Å². The standard InChI is InChI=1S/C24H46O5/c1-5-6-7-8-9-10-11-12-13-14-15-16-17-22(28-21(2)25)18-26-19-23-20-27-24(3,4)29-23/h22-23H,5-20H2,1-4H3. The maximum atomic E-state index is 11.4. The average molecular weight is 415 g/mol. The Kier molecular flexibility index (Phi) is 14.6. The molecule has 0 aliphatic carbocycles. The Morgan fingerprint density at radius 1 is 0.966 bits per heavy atom. The number of hydrogen-bond donors (Lipinski definition) is 0. The summed E-state index contributed by atoms with van der Waals surface area (Å²) in [5, 5.41) is 0. The van der Waals surface area contributed by atoms with Crippen LogP contribution in [0.4, 0.5) is 0 Å². The zero-order valence-electron chi connectivity index (χ0n) is 19.5. The van der Waals surface area contributed by atoms with Crippen molar-refractivity contribution in [2.24, 2.45) is 0 Å². The molecule has 5 heteroatoms. The molecule has 1 heterocycles. The van der Waals surface area contributed by atoms with E-state index in [4.69, 9.17) is 18.9 Å². The second-order valence-corrected chi connectivity index (χ2v) is 8.90. The summed E-state index contributed by atoms with van der Waals surface area (Å²) >= 11 is 0. The normalized spacial score (nSPS) is 19.4. The number of hydrogen-bond acceptors (Lipinski definition) is 5. The Morgan fingerprint density at radius 3 is 2.00 bits per heavy atom. The Hall–Kier alpha value is -0.650. The lowest BCUT2D eigenvalue weighted by atomic mass is 10.0. The Balaban J connectivity index is 2.00. The highest BCUT2D eigenvalue weighted by Crippen LogP contribution is 2.22. The summed E-state index contributed by atoms with van der Waals surface area (Å²) in [6, 6.07) is 0. The molecule has 0 amide bonds. The van der Waals surface area contributed by atoms with E-state index in [1.807, 2.05) is 13.8 Å². The molecule has 2 unspecified atom stereocenters. The van der Waals surface area contributed by atoms with Gasteiger partial charge in [0.15, 0.2) is 5.79 Å². The summed E-state index contributed by atoms with van der Waals surface area (Å²) < 4.78 is 22.4. The molecule has 0 aromatic heterocycles. The molecule has 1 saturated heterocycles. The summed E-state index contributed by atoms with van der Waals surface area (Å²) in [5.74, 6) is -0.766. The lowest BCUT2D eigenvalue weighted by Gasteiger charge is -2.19. The van der Waals surface area contributed by atoms with Crippen molar-refractivity contribution in [1.29, 1.82) is 0 Å². The molecule has 0 radical (unpaired) electrons. The molecule has 1 rings (SSSR count). The molecule has 0 spiro atoms. The first-order valence-corrected chi connectivity index (χ1v) is 12.0. The van der Waals surface area contributed by atoms with Gasteiger partial charge in [0.25, 0.3) is 0 Å². The van der Waals surface area contributed by atoms with Gasteiger partial charge in [-0.3, -0.25) is 4.79 Å². The average Bonchev–Trinajstić information content (AvgIpc) is 3.00. The lowest BCUT2D eigenvalue weighted by molar-refractivity contribution is -0.154. The first-order chi connectivity index (χ1) is 13.9. The molecule has 0 bridgehead atoms. The van der Waals surface area contributed by atoms with Crippen LogP contribution in [0.25, 0.3) is 0 Å². The first-order valence-electron chi connectivity index (χ1n) is 12.0. The third kappa shape index (κ3) is 14.9. The van der Waals surface area contributed by atoms with E-state index in [1.165, 1.54) is 77.6 Å². The fraction of sp³-hybridized carbons (Fsp3) is 0.958. The van der Waals surface area contributed by atoms with Gasteiger partial charge in [0.1, 0.15) is 12.2 Å². The van der Waals surface area contributed by atoms with Crippen LogP contribution >= 0.6 is 0 Å². The Morgan fingerprint density at radius 2 is 1.52 bits per heavy atom. The number of esters is 1. The molecule has 0 aromatic carbocycles.